The highest BCUT2D eigenvalue weighted by molar-refractivity contribution is 7.26. The van der Waals surface area contributed by atoms with E-state index in [4.69, 9.17) is 23.8 Å². The normalized spacial score (nSPS) is 11.9. The maximum Gasteiger partial charge on any atom is 0.167 e. The minimum atomic E-state index is 0.536. The van der Waals surface area contributed by atoms with Crippen LogP contribution in [0.2, 0.25) is 0 Å². The largest absolute Gasteiger partial charge is 0.455 e. The first-order valence-corrected chi connectivity index (χ1v) is 19.7. The average molecular weight is 748 g/mol. The molecule has 0 atom stereocenters. The molecule has 8 aromatic carbocycles. The third-order valence-corrected chi connectivity index (χ3v) is 12.2. The van der Waals surface area contributed by atoms with Gasteiger partial charge in [-0.2, -0.15) is 0 Å². The van der Waals surface area contributed by atoms with E-state index in [0.717, 1.165) is 82.8 Å². The van der Waals surface area contributed by atoms with Gasteiger partial charge < -0.3 is 8.83 Å². The molecule has 57 heavy (non-hydrogen) atoms. The Hall–Kier alpha value is -7.41. The van der Waals surface area contributed by atoms with Crippen LogP contribution in [0.15, 0.2) is 185 Å². The van der Waals surface area contributed by atoms with Gasteiger partial charge in [0.15, 0.2) is 17.5 Å². The first-order valence-electron chi connectivity index (χ1n) is 18.9. The van der Waals surface area contributed by atoms with E-state index in [1.54, 1.807) is 0 Å². The smallest absolute Gasteiger partial charge is 0.167 e. The van der Waals surface area contributed by atoms with E-state index < -0.39 is 0 Å². The summed E-state index contributed by atoms with van der Waals surface area (Å²) in [5, 5.41) is 6.56. The highest BCUT2D eigenvalue weighted by atomic mass is 32.1. The van der Waals surface area contributed by atoms with Gasteiger partial charge in [0, 0.05) is 64.0 Å². The zero-order chi connectivity index (χ0) is 37.5. The molecule has 0 radical (unpaired) electrons. The lowest BCUT2D eigenvalue weighted by atomic mass is 9.99. The molecule has 0 aliphatic carbocycles. The number of thiophene rings is 1. The monoisotopic (exact) mass is 747 g/mol. The third kappa shape index (κ3) is 5.04. The zero-order valence-electron chi connectivity index (χ0n) is 30.3. The molecule has 0 saturated heterocycles. The van der Waals surface area contributed by atoms with Crippen LogP contribution in [-0.4, -0.2) is 15.0 Å². The molecule has 0 amide bonds. The Morgan fingerprint density at radius 3 is 1.74 bits per heavy atom. The fourth-order valence-corrected chi connectivity index (χ4v) is 9.55. The van der Waals surface area contributed by atoms with Gasteiger partial charge in [-0.15, -0.1) is 11.3 Å². The lowest BCUT2D eigenvalue weighted by molar-refractivity contribution is 0.669. The van der Waals surface area contributed by atoms with Crippen LogP contribution in [0.5, 0.6) is 0 Å². The Morgan fingerprint density at radius 2 is 0.877 bits per heavy atom. The van der Waals surface area contributed by atoms with Crippen molar-refractivity contribution in [3.05, 3.63) is 176 Å². The van der Waals surface area contributed by atoms with Gasteiger partial charge in [0.25, 0.3) is 0 Å². The van der Waals surface area contributed by atoms with Crippen LogP contribution in [-0.2, 0) is 0 Å². The quantitative estimate of drug-likeness (QED) is 0.175. The van der Waals surface area contributed by atoms with E-state index in [0.29, 0.717) is 17.5 Å². The van der Waals surface area contributed by atoms with Gasteiger partial charge in [0.2, 0.25) is 0 Å². The maximum atomic E-state index is 6.82. The van der Waals surface area contributed by atoms with Crippen molar-refractivity contribution < 1.29 is 8.83 Å². The Morgan fingerprint density at radius 1 is 0.333 bits per heavy atom. The molecule has 266 valence electrons. The van der Waals surface area contributed by atoms with Crippen molar-refractivity contribution in [2.75, 3.05) is 0 Å². The predicted octanol–water partition coefficient (Wildman–Crippen LogP) is 14.4. The van der Waals surface area contributed by atoms with Crippen molar-refractivity contribution in [1.29, 1.82) is 0 Å². The van der Waals surface area contributed by atoms with Crippen molar-refractivity contribution in [2.24, 2.45) is 0 Å². The lowest BCUT2D eigenvalue weighted by Crippen LogP contribution is -2.00. The summed E-state index contributed by atoms with van der Waals surface area (Å²) in [6, 6.07) is 60.8. The SMILES string of the molecule is c1ccc(-c2ccc(-c3nc(-c4cccc5c4oc4ccccc45)nc(-c4cccc5oc6c(-c7cccc8c7sc7ccccc78)cccc6c45)n3)cc2)cc1. The number of hydrogen-bond acceptors (Lipinski definition) is 6. The summed E-state index contributed by atoms with van der Waals surface area (Å²) < 4.78 is 15.8. The molecule has 0 aliphatic rings. The van der Waals surface area contributed by atoms with Gasteiger partial charge in [0.05, 0.1) is 5.56 Å². The molecule has 0 bridgehead atoms. The number of furan rings is 2. The number of hydrogen-bond donors (Lipinski definition) is 0. The number of nitrogens with zero attached hydrogens (tertiary/aromatic N) is 3. The first-order chi connectivity index (χ1) is 28.2. The van der Waals surface area contributed by atoms with E-state index in [1.807, 2.05) is 59.9 Å². The van der Waals surface area contributed by atoms with Crippen LogP contribution < -0.4 is 0 Å². The molecule has 5 nitrogen and oxygen atoms in total. The van der Waals surface area contributed by atoms with Gasteiger partial charge in [-0.1, -0.05) is 152 Å². The molecule has 0 aliphatic heterocycles. The summed E-state index contributed by atoms with van der Waals surface area (Å²) in [5.41, 5.74) is 10.2. The lowest BCUT2D eigenvalue weighted by Gasteiger charge is -2.10. The van der Waals surface area contributed by atoms with E-state index in [9.17, 15) is 0 Å². The van der Waals surface area contributed by atoms with Crippen molar-refractivity contribution in [3.63, 3.8) is 0 Å². The standard InChI is InChI=1S/C51H29N3O2S/c1-2-12-30(13-3-1)31-26-28-32(29-27-31)49-52-50(54-51(53-49)41-22-9-16-35-33-14-4-6-23-42(33)55-47(35)41)40-21-11-24-43-45(40)39-20-8-17-36(46(39)56-43)38-19-10-18-37-34-15-5-7-25-44(34)57-48(37)38/h1-29H. The molecule has 0 N–H and O–H groups in total. The van der Waals surface area contributed by atoms with Crippen LogP contribution in [0.4, 0.5) is 0 Å². The summed E-state index contributed by atoms with van der Waals surface area (Å²) in [6.07, 6.45) is 0. The van der Waals surface area contributed by atoms with Crippen molar-refractivity contribution in [3.8, 4) is 56.4 Å². The Balaban J connectivity index is 1.08. The van der Waals surface area contributed by atoms with Gasteiger partial charge in [-0.05, 0) is 35.4 Å². The Bertz CT molecular complexity index is 3530. The molecule has 12 rings (SSSR count). The minimum Gasteiger partial charge on any atom is -0.455 e. The Kier molecular flexibility index (Phi) is 7.03. The summed E-state index contributed by atoms with van der Waals surface area (Å²) in [4.78, 5) is 15.6. The number of fused-ring (bicyclic) bond motifs is 9. The fourth-order valence-electron chi connectivity index (χ4n) is 8.32. The highest BCUT2D eigenvalue weighted by Gasteiger charge is 2.22. The number of para-hydroxylation sites is 3. The number of rotatable bonds is 5. The summed E-state index contributed by atoms with van der Waals surface area (Å²) in [5.74, 6) is 1.67. The van der Waals surface area contributed by atoms with E-state index in [1.165, 1.54) is 20.2 Å². The van der Waals surface area contributed by atoms with Crippen molar-refractivity contribution in [2.45, 2.75) is 0 Å². The number of aromatic nitrogens is 3. The van der Waals surface area contributed by atoms with E-state index >= 15 is 0 Å². The number of benzene rings is 8. The molecule has 6 heteroatoms. The topological polar surface area (TPSA) is 65.0 Å². The molecule has 12 aromatic rings. The van der Waals surface area contributed by atoms with E-state index in [-0.39, 0.29) is 0 Å². The second-order valence-electron chi connectivity index (χ2n) is 14.3. The molecule has 0 spiro atoms. The summed E-state index contributed by atoms with van der Waals surface area (Å²) in [7, 11) is 0. The van der Waals surface area contributed by atoms with E-state index in [2.05, 4.69) is 127 Å². The summed E-state index contributed by atoms with van der Waals surface area (Å²) in [6.45, 7) is 0. The molecule has 4 aromatic heterocycles. The second-order valence-corrected chi connectivity index (χ2v) is 15.3. The summed E-state index contributed by atoms with van der Waals surface area (Å²) >= 11 is 1.82. The highest BCUT2D eigenvalue weighted by Crippen LogP contribution is 2.45. The maximum absolute atomic E-state index is 6.82. The van der Waals surface area contributed by atoms with Crippen LogP contribution in [0, 0.1) is 0 Å². The van der Waals surface area contributed by atoms with Crippen molar-refractivity contribution in [1.82, 2.24) is 15.0 Å². The van der Waals surface area contributed by atoms with Crippen LogP contribution >= 0.6 is 11.3 Å². The van der Waals surface area contributed by atoms with Gasteiger partial charge in [0.1, 0.15) is 22.3 Å². The molecule has 4 heterocycles. The molecular weight excluding hydrogens is 719 g/mol. The predicted molar refractivity (Wildman–Crippen MR) is 234 cm³/mol. The minimum absolute atomic E-state index is 0.536. The van der Waals surface area contributed by atoms with Gasteiger partial charge >= 0.3 is 0 Å². The molecular formula is C51H29N3O2S. The Labute approximate surface area is 330 Å². The van der Waals surface area contributed by atoms with Gasteiger partial charge in [-0.25, -0.2) is 15.0 Å². The van der Waals surface area contributed by atoms with Crippen LogP contribution in [0.25, 0.3) is 120 Å². The molecule has 0 saturated carbocycles. The van der Waals surface area contributed by atoms with Gasteiger partial charge in [-0.3, -0.25) is 0 Å². The van der Waals surface area contributed by atoms with Crippen LogP contribution in [0.3, 0.4) is 0 Å². The fraction of sp³-hybridized carbons (Fsp3) is 0. The molecule has 0 unspecified atom stereocenters. The zero-order valence-corrected chi connectivity index (χ0v) is 31.1. The average Bonchev–Trinajstić information content (AvgIpc) is 3.98. The second kappa shape index (κ2) is 12.6. The molecule has 0 fully saturated rings. The third-order valence-electron chi connectivity index (χ3n) is 11.0. The van der Waals surface area contributed by atoms with Crippen LogP contribution in [0.1, 0.15) is 0 Å². The first kappa shape index (κ1) is 31.9. The van der Waals surface area contributed by atoms with Crippen molar-refractivity contribution >= 4 is 75.4 Å².